The smallest absolute Gasteiger partial charge is 0.273 e. The van der Waals surface area contributed by atoms with Crippen molar-refractivity contribution in [2.75, 3.05) is 39.3 Å². The van der Waals surface area contributed by atoms with E-state index in [-0.39, 0.29) is 23.0 Å². The highest BCUT2D eigenvalue weighted by molar-refractivity contribution is 7.89. The molecule has 2 aliphatic rings. The Morgan fingerprint density at radius 3 is 2.48 bits per heavy atom. The molecule has 2 heterocycles. The molecule has 0 bridgehead atoms. The van der Waals surface area contributed by atoms with Crippen molar-refractivity contribution < 1.29 is 13.3 Å². The summed E-state index contributed by atoms with van der Waals surface area (Å²) in [6.45, 7) is 5.79. The number of hydrogen-bond acceptors (Lipinski definition) is 6. The number of nitrogens with zero attached hydrogens (tertiary/aromatic N) is 3. The van der Waals surface area contributed by atoms with Gasteiger partial charge < -0.3 is 5.32 Å². The summed E-state index contributed by atoms with van der Waals surface area (Å²) in [5, 5.41) is 14.4. The van der Waals surface area contributed by atoms with Crippen LogP contribution in [0.4, 0.5) is 5.69 Å². The van der Waals surface area contributed by atoms with Gasteiger partial charge in [-0.2, -0.15) is 4.31 Å². The average Bonchev–Trinajstić information content (AvgIpc) is 3.09. The number of piperazine rings is 1. The molecule has 0 amide bonds. The van der Waals surface area contributed by atoms with Gasteiger partial charge >= 0.3 is 0 Å². The molecule has 1 aromatic carbocycles. The summed E-state index contributed by atoms with van der Waals surface area (Å²) in [5.74, 6) is 0. The molecule has 1 unspecified atom stereocenters. The van der Waals surface area contributed by atoms with Crippen LogP contribution in [0.15, 0.2) is 23.1 Å². The molecule has 2 saturated heterocycles. The normalized spacial score (nSPS) is 22.5. The fourth-order valence-electron chi connectivity index (χ4n) is 3.36. The van der Waals surface area contributed by atoms with E-state index in [9.17, 15) is 18.5 Å². The van der Waals surface area contributed by atoms with E-state index in [0.29, 0.717) is 37.8 Å². The first-order valence-electron chi connectivity index (χ1n) is 8.09. The van der Waals surface area contributed by atoms with Crippen LogP contribution in [0.3, 0.4) is 0 Å². The minimum atomic E-state index is -3.70. The SMILES string of the molecule is Cc1ccc(S(=O)(=O)N2CCN(C3CCNC3)CC2)cc1[N+](=O)[O-].Cl. The number of nitro groups is 1. The van der Waals surface area contributed by atoms with E-state index in [4.69, 9.17) is 0 Å². The lowest BCUT2D eigenvalue weighted by molar-refractivity contribution is -0.385. The number of sulfonamides is 1. The second-order valence-electron chi connectivity index (χ2n) is 6.29. The van der Waals surface area contributed by atoms with Crippen LogP contribution in [0.1, 0.15) is 12.0 Å². The number of halogens is 1. The highest BCUT2D eigenvalue weighted by Crippen LogP contribution is 2.25. The first kappa shape index (κ1) is 20.1. The number of hydrogen-bond donors (Lipinski definition) is 1. The summed E-state index contributed by atoms with van der Waals surface area (Å²) in [7, 11) is -3.70. The Bertz CT molecular complexity index is 729. The van der Waals surface area contributed by atoms with Crippen LogP contribution in [0.25, 0.3) is 0 Å². The molecule has 0 spiro atoms. The number of benzene rings is 1. The number of nitro benzene ring substituents is 1. The van der Waals surface area contributed by atoms with E-state index >= 15 is 0 Å². The van der Waals surface area contributed by atoms with Crippen molar-refractivity contribution in [1.29, 1.82) is 0 Å². The summed E-state index contributed by atoms with van der Waals surface area (Å²) in [4.78, 5) is 12.8. The molecule has 2 fully saturated rings. The summed E-state index contributed by atoms with van der Waals surface area (Å²) in [5.41, 5.74) is 0.296. The molecule has 8 nitrogen and oxygen atoms in total. The van der Waals surface area contributed by atoms with Crippen molar-refractivity contribution >= 4 is 28.1 Å². The molecule has 25 heavy (non-hydrogen) atoms. The molecule has 3 rings (SSSR count). The number of nitrogens with one attached hydrogen (secondary N) is 1. The highest BCUT2D eigenvalue weighted by Gasteiger charge is 2.32. The minimum Gasteiger partial charge on any atom is -0.315 e. The zero-order valence-corrected chi connectivity index (χ0v) is 15.7. The van der Waals surface area contributed by atoms with Crippen LogP contribution in [0.5, 0.6) is 0 Å². The van der Waals surface area contributed by atoms with Gasteiger partial charge in [0.2, 0.25) is 10.0 Å². The first-order valence-corrected chi connectivity index (χ1v) is 9.53. The van der Waals surface area contributed by atoms with E-state index in [1.165, 1.54) is 16.4 Å². The Kier molecular flexibility index (Phi) is 6.39. The summed E-state index contributed by atoms with van der Waals surface area (Å²) < 4.78 is 27.0. The van der Waals surface area contributed by atoms with E-state index in [2.05, 4.69) is 10.2 Å². The van der Waals surface area contributed by atoms with Crippen molar-refractivity contribution in [3.05, 3.63) is 33.9 Å². The van der Waals surface area contributed by atoms with E-state index in [0.717, 1.165) is 25.6 Å². The zero-order valence-electron chi connectivity index (χ0n) is 14.1. The summed E-state index contributed by atoms with van der Waals surface area (Å²) in [6, 6.07) is 4.59. The van der Waals surface area contributed by atoms with Gasteiger partial charge in [-0.05, 0) is 26.0 Å². The number of rotatable bonds is 4. The van der Waals surface area contributed by atoms with Crippen LogP contribution < -0.4 is 5.32 Å². The van der Waals surface area contributed by atoms with Crippen LogP contribution in [0, 0.1) is 17.0 Å². The van der Waals surface area contributed by atoms with Crippen molar-refractivity contribution in [1.82, 2.24) is 14.5 Å². The standard InChI is InChI=1S/C15H22N4O4S.ClH/c1-12-2-3-14(10-15(12)19(20)21)24(22,23)18-8-6-17(7-9-18)13-4-5-16-11-13;/h2-3,10,13,16H,4-9,11H2,1H3;1H. The predicted molar refractivity (Wildman–Crippen MR) is 96.7 cm³/mol. The molecular weight excluding hydrogens is 368 g/mol. The van der Waals surface area contributed by atoms with Gasteiger partial charge in [-0.3, -0.25) is 15.0 Å². The molecule has 1 aromatic rings. The van der Waals surface area contributed by atoms with Crippen LogP contribution in [0.2, 0.25) is 0 Å². The second kappa shape index (κ2) is 7.96. The molecule has 0 saturated carbocycles. The van der Waals surface area contributed by atoms with Crippen LogP contribution in [-0.2, 0) is 10.0 Å². The van der Waals surface area contributed by atoms with Gasteiger partial charge in [-0.15, -0.1) is 12.4 Å². The molecule has 0 radical (unpaired) electrons. The third-order valence-electron chi connectivity index (χ3n) is 4.84. The van der Waals surface area contributed by atoms with E-state index < -0.39 is 14.9 Å². The summed E-state index contributed by atoms with van der Waals surface area (Å²) >= 11 is 0. The zero-order chi connectivity index (χ0) is 17.3. The van der Waals surface area contributed by atoms with Crippen molar-refractivity contribution in [2.45, 2.75) is 24.3 Å². The third-order valence-corrected chi connectivity index (χ3v) is 6.73. The second-order valence-corrected chi connectivity index (χ2v) is 8.23. The minimum absolute atomic E-state index is 0. The third kappa shape index (κ3) is 4.12. The van der Waals surface area contributed by atoms with Gasteiger partial charge in [-0.25, -0.2) is 8.42 Å². The molecule has 0 aliphatic carbocycles. The fraction of sp³-hybridized carbons (Fsp3) is 0.600. The first-order chi connectivity index (χ1) is 11.4. The van der Waals surface area contributed by atoms with Gasteiger partial charge in [0.05, 0.1) is 9.82 Å². The van der Waals surface area contributed by atoms with Crippen molar-refractivity contribution in [2.24, 2.45) is 0 Å². The van der Waals surface area contributed by atoms with Gasteiger partial charge in [0, 0.05) is 50.4 Å². The largest absolute Gasteiger partial charge is 0.315 e. The van der Waals surface area contributed by atoms with Gasteiger partial charge in [0.25, 0.3) is 5.69 Å². The molecule has 1 atom stereocenters. The quantitative estimate of drug-likeness (QED) is 0.608. The lowest BCUT2D eigenvalue weighted by Gasteiger charge is -2.37. The predicted octanol–water partition coefficient (Wildman–Crippen LogP) is 0.993. The highest BCUT2D eigenvalue weighted by atomic mass is 35.5. The Balaban J connectivity index is 0.00000225. The van der Waals surface area contributed by atoms with Crippen LogP contribution >= 0.6 is 12.4 Å². The Labute approximate surface area is 153 Å². The van der Waals surface area contributed by atoms with Gasteiger partial charge in [-0.1, -0.05) is 6.07 Å². The topological polar surface area (TPSA) is 95.8 Å². The molecule has 140 valence electrons. The lowest BCUT2D eigenvalue weighted by Crippen LogP contribution is -2.52. The molecule has 10 heteroatoms. The van der Waals surface area contributed by atoms with Gasteiger partial charge in [0.1, 0.15) is 0 Å². The van der Waals surface area contributed by atoms with Gasteiger partial charge in [0.15, 0.2) is 0 Å². The monoisotopic (exact) mass is 390 g/mol. The molecule has 2 aliphatic heterocycles. The van der Waals surface area contributed by atoms with Crippen LogP contribution in [-0.4, -0.2) is 67.9 Å². The maximum atomic E-state index is 12.8. The maximum absolute atomic E-state index is 12.8. The fourth-order valence-corrected chi connectivity index (χ4v) is 4.80. The molecular formula is C15H23ClN4O4S. The Morgan fingerprint density at radius 2 is 1.92 bits per heavy atom. The lowest BCUT2D eigenvalue weighted by atomic mass is 10.2. The Morgan fingerprint density at radius 1 is 1.24 bits per heavy atom. The number of aryl methyl sites for hydroxylation is 1. The van der Waals surface area contributed by atoms with Crippen molar-refractivity contribution in [3.8, 4) is 0 Å². The molecule has 0 aromatic heterocycles. The van der Waals surface area contributed by atoms with E-state index in [1.54, 1.807) is 6.92 Å². The summed E-state index contributed by atoms with van der Waals surface area (Å²) in [6.07, 6.45) is 1.09. The van der Waals surface area contributed by atoms with Crippen molar-refractivity contribution in [3.63, 3.8) is 0 Å². The van der Waals surface area contributed by atoms with E-state index in [1.807, 2.05) is 0 Å². The maximum Gasteiger partial charge on any atom is 0.273 e. The Hall–Kier alpha value is -1.26. The molecule has 1 N–H and O–H groups in total. The average molecular weight is 391 g/mol.